The standard InChI is InChI=1S/C20H18BrNO2/c21-19-11-5-4-9-17(19)12-13-18-10-6-14-22(18)20(23)24-15-16-7-2-1-3-8-16/h1-5,7-9,11,18H,6,10,14-15H2. The minimum atomic E-state index is -0.289. The first-order valence-corrected chi connectivity index (χ1v) is 8.77. The smallest absolute Gasteiger partial charge is 0.411 e. The Kier molecular flexibility index (Phi) is 5.55. The van der Waals surface area contributed by atoms with Crippen molar-refractivity contribution in [2.24, 2.45) is 0 Å². The number of benzene rings is 2. The van der Waals surface area contributed by atoms with Crippen LogP contribution in [0.4, 0.5) is 4.79 Å². The van der Waals surface area contributed by atoms with E-state index in [4.69, 9.17) is 4.74 Å². The monoisotopic (exact) mass is 383 g/mol. The Bertz CT molecular complexity index is 764. The van der Waals surface area contributed by atoms with Gasteiger partial charge >= 0.3 is 6.09 Å². The second kappa shape index (κ2) is 8.03. The molecule has 1 aliphatic heterocycles. The van der Waals surface area contributed by atoms with Crippen molar-refractivity contribution in [3.63, 3.8) is 0 Å². The number of likely N-dealkylation sites (tertiary alicyclic amines) is 1. The Morgan fingerprint density at radius 3 is 2.71 bits per heavy atom. The lowest BCUT2D eigenvalue weighted by molar-refractivity contribution is 0.0984. The van der Waals surface area contributed by atoms with Crippen LogP contribution in [0.1, 0.15) is 24.0 Å². The van der Waals surface area contributed by atoms with Crippen molar-refractivity contribution in [1.29, 1.82) is 0 Å². The van der Waals surface area contributed by atoms with Crippen LogP contribution in [0.25, 0.3) is 0 Å². The molecule has 1 saturated heterocycles. The largest absolute Gasteiger partial charge is 0.445 e. The second-order valence-electron chi connectivity index (χ2n) is 5.64. The zero-order chi connectivity index (χ0) is 16.8. The molecular weight excluding hydrogens is 366 g/mol. The van der Waals surface area contributed by atoms with E-state index in [0.29, 0.717) is 13.2 Å². The van der Waals surface area contributed by atoms with E-state index in [1.54, 1.807) is 4.90 Å². The average Bonchev–Trinajstić information content (AvgIpc) is 3.08. The fraction of sp³-hybridized carbons (Fsp3) is 0.250. The molecule has 0 aliphatic carbocycles. The highest BCUT2D eigenvalue weighted by atomic mass is 79.9. The van der Waals surface area contributed by atoms with Crippen LogP contribution < -0.4 is 0 Å². The minimum Gasteiger partial charge on any atom is -0.445 e. The maximum absolute atomic E-state index is 12.3. The summed E-state index contributed by atoms with van der Waals surface area (Å²) >= 11 is 3.49. The molecule has 0 saturated carbocycles. The summed E-state index contributed by atoms with van der Waals surface area (Å²) in [5.41, 5.74) is 1.92. The number of hydrogen-bond donors (Lipinski definition) is 0. The zero-order valence-corrected chi connectivity index (χ0v) is 14.8. The molecule has 2 aromatic carbocycles. The van der Waals surface area contributed by atoms with Crippen molar-refractivity contribution >= 4 is 22.0 Å². The molecule has 122 valence electrons. The van der Waals surface area contributed by atoms with Crippen LogP contribution in [-0.4, -0.2) is 23.6 Å². The summed E-state index contributed by atoms with van der Waals surface area (Å²) in [6.07, 6.45) is 1.55. The molecule has 0 bridgehead atoms. The van der Waals surface area contributed by atoms with E-state index in [9.17, 15) is 4.79 Å². The van der Waals surface area contributed by atoms with Crippen molar-refractivity contribution in [3.05, 3.63) is 70.2 Å². The molecule has 3 rings (SSSR count). The van der Waals surface area contributed by atoms with Gasteiger partial charge in [0, 0.05) is 16.6 Å². The SMILES string of the molecule is O=C(OCc1ccccc1)N1CCCC1C#Cc1ccccc1Br. The second-order valence-corrected chi connectivity index (χ2v) is 6.50. The third-order valence-corrected chi connectivity index (χ3v) is 4.63. The molecule has 4 heteroatoms. The summed E-state index contributed by atoms with van der Waals surface area (Å²) in [4.78, 5) is 14.1. The molecule has 0 N–H and O–H groups in total. The predicted molar refractivity (Wildman–Crippen MR) is 97.4 cm³/mol. The molecule has 1 atom stereocenters. The quantitative estimate of drug-likeness (QED) is 0.709. The van der Waals surface area contributed by atoms with Gasteiger partial charge in [0.15, 0.2) is 0 Å². The topological polar surface area (TPSA) is 29.5 Å². The van der Waals surface area contributed by atoms with Crippen molar-refractivity contribution in [2.45, 2.75) is 25.5 Å². The van der Waals surface area contributed by atoms with E-state index in [0.717, 1.165) is 28.4 Å². The summed E-state index contributed by atoms with van der Waals surface area (Å²) in [6, 6.07) is 17.5. The molecule has 1 unspecified atom stereocenters. The van der Waals surface area contributed by atoms with Gasteiger partial charge in [0.25, 0.3) is 0 Å². The molecule has 3 nitrogen and oxygen atoms in total. The highest BCUT2D eigenvalue weighted by Crippen LogP contribution is 2.19. The van der Waals surface area contributed by atoms with Crippen molar-refractivity contribution in [2.75, 3.05) is 6.54 Å². The van der Waals surface area contributed by atoms with Gasteiger partial charge in [-0.05, 0) is 46.5 Å². The molecule has 1 fully saturated rings. The zero-order valence-electron chi connectivity index (χ0n) is 13.2. The fourth-order valence-corrected chi connectivity index (χ4v) is 3.05. The number of carbonyl (C=O) groups excluding carboxylic acids is 1. The molecule has 2 aromatic rings. The maximum Gasteiger partial charge on any atom is 0.411 e. The normalized spacial score (nSPS) is 16.4. The molecule has 0 aromatic heterocycles. The van der Waals surface area contributed by atoms with Gasteiger partial charge in [0.05, 0.1) is 6.04 Å². The van der Waals surface area contributed by atoms with Gasteiger partial charge in [0.1, 0.15) is 6.61 Å². The first-order valence-electron chi connectivity index (χ1n) is 7.97. The van der Waals surface area contributed by atoms with Crippen LogP contribution >= 0.6 is 15.9 Å². The Labute approximate surface area is 150 Å². The molecule has 1 aliphatic rings. The lowest BCUT2D eigenvalue weighted by Crippen LogP contribution is -2.35. The Balaban J connectivity index is 1.63. The van der Waals surface area contributed by atoms with Gasteiger partial charge in [-0.3, -0.25) is 4.90 Å². The number of halogens is 1. The third kappa shape index (κ3) is 4.18. The van der Waals surface area contributed by atoms with Crippen LogP contribution in [0, 0.1) is 11.8 Å². The number of ether oxygens (including phenoxy) is 1. The number of amides is 1. The third-order valence-electron chi connectivity index (χ3n) is 3.94. The van der Waals surface area contributed by atoms with E-state index < -0.39 is 0 Å². The molecule has 1 amide bonds. The number of nitrogens with zero attached hydrogens (tertiary/aromatic N) is 1. The molecule has 0 radical (unpaired) electrons. The predicted octanol–water partition coefficient (Wildman–Crippen LogP) is 4.60. The molecular formula is C20H18BrNO2. The Hall–Kier alpha value is -2.25. The Morgan fingerprint density at radius 1 is 1.17 bits per heavy atom. The van der Waals surface area contributed by atoms with E-state index >= 15 is 0 Å². The maximum atomic E-state index is 12.3. The summed E-state index contributed by atoms with van der Waals surface area (Å²) in [6.45, 7) is 0.990. The van der Waals surface area contributed by atoms with Gasteiger partial charge in [-0.15, -0.1) is 0 Å². The van der Waals surface area contributed by atoms with Crippen molar-refractivity contribution < 1.29 is 9.53 Å². The van der Waals surface area contributed by atoms with E-state index in [-0.39, 0.29) is 12.1 Å². The van der Waals surface area contributed by atoms with Gasteiger partial charge in [-0.1, -0.05) is 54.3 Å². The van der Waals surface area contributed by atoms with Gasteiger partial charge in [0.2, 0.25) is 0 Å². The number of rotatable bonds is 2. The van der Waals surface area contributed by atoms with Gasteiger partial charge in [-0.25, -0.2) is 4.79 Å². The van der Waals surface area contributed by atoms with Crippen molar-refractivity contribution in [3.8, 4) is 11.8 Å². The summed E-state index contributed by atoms with van der Waals surface area (Å²) in [5.74, 6) is 6.38. The molecule has 1 heterocycles. The lowest BCUT2D eigenvalue weighted by Gasteiger charge is -2.20. The lowest BCUT2D eigenvalue weighted by atomic mass is 10.2. The summed E-state index contributed by atoms with van der Waals surface area (Å²) < 4.78 is 6.39. The molecule has 0 spiro atoms. The van der Waals surface area contributed by atoms with Crippen LogP contribution in [0.3, 0.4) is 0 Å². The van der Waals surface area contributed by atoms with Gasteiger partial charge in [-0.2, -0.15) is 0 Å². The molecule has 24 heavy (non-hydrogen) atoms. The van der Waals surface area contributed by atoms with Crippen LogP contribution in [-0.2, 0) is 11.3 Å². The van der Waals surface area contributed by atoms with E-state index in [2.05, 4.69) is 27.8 Å². The first-order chi connectivity index (χ1) is 11.7. The highest BCUT2D eigenvalue weighted by Gasteiger charge is 2.28. The van der Waals surface area contributed by atoms with Crippen LogP contribution in [0.2, 0.25) is 0 Å². The van der Waals surface area contributed by atoms with Crippen LogP contribution in [0.15, 0.2) is 59.1 Å². The van der Waals surface area contributed by atoms with Gasteiger partial charge < -0.3 is 4.74 Å². The fourth-order valence-electron chi connectivity index (χ4n) is 2.66. The van der Waals surface area contributed by atoms with Crippen LogP contribution in [0.5, 0.6) is 0 Å². The number of carbonyl (C=O) groups is 1. The minimum absolute atomic E-state index is 0.0830. The number of hydrogen-bond acceptors (Lipinski definition) is 2. The summed E-state index contributed by atoms with van der Waals surface area (Å²) in [5, 5.41) is 0. The summed E-state index contributed by atoms with van der Waals surface area (Å²) in [7, 11) is 0. The van der Waals surface area contributed by atoms with Crippen molar-refractivity contribution in [1.82, 2.24) is 4.90 Å². The highest BCUT2D eigenvalue weighted by molar-refractivity contribution is 9.10. The first kappa shape index (κ1) is 16.6. The van der Waals surface area contributed by atoms with E-state index in [1.807, 2.05) is 54.6 Å². The average molecular weight is 384 g/mol. The van der Waals surface area contributed by atoms with E-state index in [1.165, 1.54) is 0 Å². The Morgan fingerprint density at radius 2 is 1.92 bits per heavy atom.